The van der Waals surface area contributed by atoms with Crippen LogP contribution in [0.5, 0.6) is 0 Å². The minimum Gasteiger partial charge on any atom is -0.383 e. The van der Waals surface area contributed by atoms with E-state index in [1.54, 1.807) is 24.8 Å². The van der Waals surface area contributed by atoms with E-state index in [-0.39, 0.29) is 4.83 Å². The third kappa shape index (κ3) is 2.99. The number of thiophene rings is 1. The fraction of sp³-hybridized carbons (Fsp3) is 0.500. The summed E-state index contributed by atoms with van der Waals surface area (Å²) in [5.74, 6) is 0.977. The SMILES string of the molecule is COCC(Br)CN(C)c1ncnc2sc(C)cc12. The van der Waals surface area contributed by atoms with Crippen molar-refractivity contribution >= 4 is 43.3 Å². The van der Waals surface area contributed by atoms with E-state index in [1.165, 1.54) is 4.88 Å². The van der Waals surface area contributed by atoms with Crippen LogP contribution >= 0.6 is 27.3 Å². The molecule has 1 unspecified atom stereocenters. The summed E-state index contributed by atoms with van der Waals surface area (Å²) in [5.41, 5.74) is 0. The average Bonchev–Trinajstić information content (AvgIpc) is 2.68. The van der Waals surface area contributed by atoms with E-state index in [1.807, 2.05) is 7.05 Å². The van der Waals surface area contributed by atoms with Crippen LogP contribution in [0.15, 0.2) is 12.4 Å². The molecule has 0 radical (unpaired) electrons. The summed E-state index contributed by atoms with van der Waals surface area (Å²) in [6.07, 6.45) is 1.63. The highest BCUT2D eigenvalue weighted by Gasteiger charge is 2.14. The number of hydrogen-bond donors (Lipinski definition) is 0. The van der Waals surface area contributed by atoms with Crippen LogP contribution in [0.25, 0.3) is 10.2 Å². The maximum Gasteiger partial charge on any atom is 0.140 e. The Hall–Kier alpha value is -0.720. The van der Waals surface area contributed by atoms with E-state index in [9.17, 15) is 0 Å². The zero-order valence-corrected chi connectivity index (χ0v) is 13.1. The quantitative estimate of drug-likeness (QED) is 0.790. The molecule has 2 rings (SSSR count). The van der Waals surface area contributed by atoms with Gasteiger partial charge in [0.25, 0.3) is 0 Å². The number of rotatable bonds is 5. The largest absolute Gasteiger partial charge is 0.383 e. The molecule has 6 heteroatoms. The predicted molar refractivity (Wildman–Crippen MR) is 80.0 cm³/mol. The number of aryl methyl sites for hydroxylation is 1. The Labute approximate surface area is 119 Å². The van der Waals surface area contributed by atoms with Crippen molar-refractivity contribution < 1.29 is 4.74 Å². The maximum atomic E-state index is 5.13. The van der Waals surface area contributed by atoms with E-state index in [2.05, 4.69) is 43.8 Å². The van der Waals surface area contributed by atoms with Crippen LogP contribution in [0.4, 0.5) is 5.82 Å². The molecule has 2 heterocycles. The molecule has 0 bridgehead atoms. The summed E-state index contributed by atoms with van der Waals surface area (Å²) in [5, 5.41) is 1.12. The molecule has 4 nitrogen and oxygen atoms in total. The molecule has 0 aliphatic rings. The number of methoxy groups -OCH3 is 1. The van der Waals surface area contributed by atoms with Crippen LogP contribution in [0.1, 0.15) is 4.88 Å². The maximum absolute atomic E-state index is 5.13. The molecule has 0 saturated carbocycles. The Morgan fingerprint density at radius 3 is 3.00 bits per heavy atom. The highest BCUT2D eigenvalue weighted by molar-refractivity contribution is 9.09. The van der Waals surface area contributed by atoms with E-state index >= 15 is 0 Å². The molecule has 98 valence electrons. The van der Waals surface area contributed by atoms with Gasteiger partial charge in [0.1, 0.15) is 17.0 Å². The standard InChI is InChI=1S/C12H16BrN3OS/c1-8-4-10-11(14-7-15-12(10)18-8)16(2)5-9(13)6-17-3/h4,7,9H,5-6H2,1-3H3. The summed E-state index contributed by atoms with van der Waals surface area (Å²) < 4.78 is 5.13. The summed E-state index contributed by atoms with van der Waals surface area (Å²) in [4.78, 5) is 13.4. The van der Waals surface area contributed by atoms with E-state index in [4.69, 9.17) is 4.74 Å². The van der Waals surface area contributed by atoms with Gasteiger partial charge in [-0.05, 0) is 13.0 Å². The summed E-state index contributed by atoms with van der Waals surface area (Å²) >= 11 is 5.30. The third-order valence-electron chi connectivity index (χ3n) is 2.61. The highest BCUT2D eigenvalue weighted by Crippen LogP contribution is 2.29. The highest BCUT2D eigenvalue weighted by atomic mass is 79.9. The van der Waals surface area contributed by atoms with Crippen molar-refractivity contribution in [2.45, 2.75) is 11.8 Å². The van der Waals surface area contributed by atoms with Crippen molar-refractivity contribution in [3.63, 3.8) is 0 Å². The van der Waals surface area contributed by atoms with Gasteiger partial charge in [0.15, 0.2) is 0 Å². The fourth-order valence-corrected chi connectivity index (χ4v) is 3.43. The topological polar surface area (TPSA) is 38.2 Å². The molecule has 0 aromatic carbocycles. The van der Waals surface area contributed by atoms with E-state index in [0.717, 1.165) is 22.6 Å². The smallest absolute Gasteiger partial charge is 0.140 e. The van der Waals surface area contributed by atoms with Gasteiger partial charge in [-0.25, -0.2) is 9.97 Å². The minimum atomic E-state index is 0.289. The number of aromatic nitrogens is 2. The molecule has 0 aliphatic carbocycles. The molecule has 0 spiro atoms. The van der Waals surface area contributed by atoms with Crippen molar-refractivity contribution in [3.8, 4) is 0 Å². The Bertz CT molecular complexity index is 531. The Morgan fingerprint density at radius 2 is 2.28 bits per heavy atom. The van der Waals surface area contributed by atoms with Crippen LogP contribution < -0.4 is 4.90 Å². The Kier molecular flexibility index (Phi) is 4.53. The van der Waals surface area contributed by atoms with Gasteiger partial charge in [0, 0.05) is 25.6 Å². The van der Waals surface area contributed by atoms with Gasteiger partial charge < -0.3 is 9.64 Å². The molecule has 0 aliphatic heterocycles. The monoisotopic (exact) mass is 329 g/mol. The molecular formula is C12H16BrN3OS. The number of alkyl halides is 1. The summed E-state index contributed by atoms with van der Waals surface area (Å²) in [6, 6.07) is 2.14. The lowest BCUT2D eigenvalue weighted by Gasteiger charge is -2.21. The number of fused-ring (bicyclic) bond motifs is 1. The number of anilines is 1. The van der Waals surface area contributed by atoms with Crippen molar-refractivity contribution in [2.24, 2.45) is 0 Å². The molecular weight excluding hydrogens is 314 g/mol. The van der Waals surface area contributed by atoms with Crippen LogP contribution in [0.3, 0.4) is 0 Å². The normalized spacial score (nSPS) is 12.9. The molecule has 2 aromatic rings. The fourth-order valence-electron chi connectivity index (χ4n) is 1.88. The van der Waals surface area contributed by atoms with Gasteiger partial charge in [0.2, 0.25) is 0 Å². The minimum absolute atomic E-state index is 0.289. The van der Waals surface area contributed by atoms with Gasteiger partial charge in [-0.1, -0.05) is 15.9 Å². The second-order valence-electron chi connectivity index (χ2n) is 4.21. The van der Waals surface area contributed by atoms with Crippen LogP contribution in [-0.4, -0.2) is 42.1 Å². The second kappa shape index (κ2) is 5.95. The molecule has 18 heavy (non-hydrogen) atoms. The molecule has 0 fully saturated rings. The first kappa shape index (κ1) is 13.7. The number of halogens is 1. The van der Waals surface area contributed by atoms with Crippen molar-refractivity contribution in [3.05, 3.63) is 17.3 Å². The van der Waals surface area contributed by atoms with Gasteiger partial charge in [0.05, 0.1) is 16.8 Å². The Morgan fingerprint density at radius 1 is 1.50 bits per heavy atom. The molecule has 2 aromatic heterocycles. The first-order valence-corrected chi connectivity index (χ1v) is 7.40. The number of ether oxygens (including phenoxy) is 1. The van der Waals surface area contributed by atoms with E-state index in [0.29, 0.717) is 6.61 Å². The van der Waals surface area contributed by atoms with E-state index < -0.39 is 0 Å². The zero-order valence-electron chi connectivity index (χ0n) is 10.7. The summed E-state index contributed by atoms with van der Waals surface area (Å²) in [6.45, 7) is 3.62. The predicted octanol–water partition coefficient (Wildman–Crippen LogP) is 2.85. The van der Waals surface area contributed by atoms with Gasteiger partial charge in [-0.15, -0.1) is 11.3 Å². The van der Waals surface area contributed by atoms with Crippen molar-refractivity contribution in [1.29, 1.82) is 0 Å². The first-order chi connectivity index (χ1) is 8.61. The molecule has 1 atom stereocenters. The summed E-state index contributed by atoms with van der Waals surface area (Å²) in [7, 11) is 3.75. The lowest BCUT2D eigenvalue weighted by Crippen LogP contribution is -2.28. The number of nitrogens with zero attached hydrogens (tertiary/aromatic N) is 3. The first-order valence-electron chi connectivity index (χ1n) is 5.67. The van der Waals surface area contributed by atoms with Gasteiger partial charge in [-0.2, -0.15) is 0 Å². The van der Waals surface area contributed by atoms with Crippen molar-refractivity contribution in [1.82, 2.24) is 9.97 Å². The van der Waals surface area contributed by atoms with Gasteiger partial charge >= 0.3 is 0 Å². The molecule has 0 saturated heterocycles. The van der Waals surface area contributed by atoms with Gasteiger partial charge in [-0.3, -0.25) is 0 Å². The lowest BCUT2D eigenvalue weighted by molar-refractivity contribution is 0.201. The molecule has 0 amide bonds. The molecule has 0 N–H and O–H groups in total. The Balaban J connectivity index is 2.24. The van der Waals surface area contributed by atoms with Crippen LogP contribution in [0, 0.1) is 6.92 Å². The third-order valence-corrected chi connectivity index (χ3v) is 4.13. The number of hydrogen-bond acceptors (Lipinski definition) is 5. The zero-order chi connectivity index (χ0) is 13.1. The van der Waals surface area contributed by atoms with Crippen LogP contribution in [-0.2, 0) is 4.74 Å². The average molecular weight is 330 g/mol. The van der Waals surface area contributed by atoms with Crippen LogP contribution in [0.2, 0.25) is 0 Å². The van der Waals surface area contributed by atoms with Crippen molar-refractivity contribution in [2.75, 3.05) is 32.2 Å². The second-order valence-corrected chi connectivity index (χ2v) is 6.74. The lowest BCUT2D eigenvalue weighted by atomic mass is 10.3.